The van der Waals surface area contributed by atoms with Gasteiger partial charge in [-0.1, -0.05) is 18.2 Å². The lowest BCUT2D eigenvalue weighted by Gasteiger charge is -2.16. The molecule has 0 saturated carbocycles. The summed E-state index contributed by atoms with van der Waals surface area (Å²) in [7, 11) is 1.98. The van der Waals surface area contributed by atoms with E-state index in [1.807, 2.05) is 25.4 Å². The number of para-hydroxylation sites is 1. The van der Waals surface area contributed by atoms with Gasteiger partial charge in [-0.2, -0.15) is 0 Å². The van der Waals surface area contributed by atoms with Crippen molar-refractivity contribution in [3.8, 4) is 0 Å². The van der Waals surface area contributed by atoms with E-state index < -0.39 is 0 Å². The Bertz CT molecular complexity index is 687. The Hall–Kier alpha value is -1.78. The van der Waals surface area contributed by atoms with Gasteiger partial charge < -0.3 is 5.32 Å². The number of aromatic nitrogens is 2. The van der Waals surface area contributed by atoms with Crippen molar-refractivity contribution in [3.05, 3.63) is 58.9 Å². The van der Waals surface area contributed by atoms with Gasteiger partial charge in [0.1, 0.15) is 0 Å². The van der Waals surface area contributed by atoms with E-state index in [0.717, 1.165) is 22.6 Å². The highest BCUT2D eigenvalue weighted by Gasteiger charge is 2.16. The quantitative estimate of drug-likeness (QED) is 0.796. The molecule has 1 unspecified atom stereocenters. The van der Waals surface area contributed by atoms with Crippen LogP contribution in [0.25, 0.3) is 10.2 Å². The van der Waals surface area contributed by atoms with Gasteiger partial charge in [-0.3, -0.25) is 4.98 Å². The molecule has 1 aromatic carbocycles. The number of thiazole rings is 1. The first-order valence-electron chi connectivity index (χ1n) is 6.71. The molecule has 2 heterocycles. The van der Waals surface area contributed by atoms with E-state index in [-0.39, 0.29) is 6.04 Å². The lowest BCUT2D eigenvalue weighted by atomic mass is 10.1. The predicted octanol–water partition coefficient (Wildman–Crippen LogP) is 3.50. The second-order valence-electron chi connectivity index (χ2n) is 4.83. The molecule has 4 heteroatoms. The minimum absolute atomic E-state index is 0.205. The molecule has 0 aliphatic heterocycles. The number of benzene rings is 1. The van der Waals surface area contributed by atoms with Crippen LogP contribution >= 0.6 is 11.3 Å². The zero-order valence-electron chi connectivity index (χ0n) is 11.6. The van der Waals surface area contributed by atoms with Crippen molar-refractivity contribution in [2.75, 3.05) is 7.05 Å². The zero-order valence-corrected chi connectivity index (χ0v) is 12.4. The molecule has 0 spiro atoms. The van der Waals surface area contributed by atoms with Gasteiger partial charge in [0, 0.05) is 12.6 Å². The van der Waals surface area contributed by atoms with E-state index in [0.29, 0.717) is 0 Å². The van der Waals surface area contributed by atoms with Gasteiger partial charge >= 0.3 is 0 Å². The van der Waals surface area contributed by atoms with E-state index in [1.54, 1.807) is 11.3 Å². The molecule has 0 aliphatic rings. The molecule has 3 nitrogen and oxygen atoms in total. The topological polar surface area (TPSA) is 37.8 Å². The predicted molar refractivity (Wildman–Crippen MR) is 84.1 cm³/mol. The highest BCUT2D eigenvalue weighted by Crippen LogP contribution is 2.26. The number of nitrogens with zero attached hydrogens (tertiary/aromatic N) is 2. The Morgan fingerprint density at radius 1 is 1.20 bits per heavy atom. The first-order valence-corrected chi connectivity index (χ1v) is 7.53. The van der Waals surface area contributed by atoms with Crippen molar-refractivity contribution in [2.45, 2.75) is 19.4 Å². The van der Waals surface area contributed by atoms with Crippen molar-refractivity contribution in [1.29, 1.82) is 0 Å². The molecule has 0 saturated heterocycles. The Balaban J connectivity index is 1.90. The summed E-state index contributed by atoms with van der Waals surface area (Å²) in [5, 5.41) is 4.50. The SMILES string of the molecule is CNC(Cc1nc2ccccc2s1)c1ncccc1C. The Kier molecular flexibility index (Phi) is 3.76. The van der Waals surface area contributed by atoms with E-state index in [1.165, 1.54) is 10.3 Å². The number of fused-ring (bicyclic) bond motifs is 1. The molecule has 0 amide bonds. The van der Waals surface area contributed by atoms with Gasteiger partial charge in [0.15, 0.2) is 0 Å². The second kappa shape index (κ2) is 5.69. The van der Waals surface area contributed by atoms with Crippen molar-refractivity contribution < 1.29 is 0 Å². The third kappa shape index (κ3) is 2.57. The summed E-state index contributed by atoms with van der Waals surface area (Å²) in [6.07, 6.45) is 2.72. The van der Waals surface area contributed by atoms with E-state index in [9.17, 15) is 0 Å². The molecule has 1 atom stereocenters. The first kappa shape index (κ1) is 13.2. The lowest BCUT2D eigenvalue weighted by molar-refractivity contribution is 0.571. The summed E-state index contributed by atoms with van der Waals surface area (Å²) >= 11 is 1.76. The molecule has 0 fully saturated rings. The van der Waals surface area contributed by atoms with Crippen LogP contribution in [-0.2, 0) is 6.42 Å². The first-order chi connectivity index (χ1) is 9.78. The lowest BCUT2D eigenvalue weighted by Crippen LogP contribution is -2.21. The van der Waals surface area contributed by atoms with Crippen LogP contribution in [-0.4, -0.2) is 17.0 Å². The summed E-state index contributed by atoms with van der Waals surface area (Å²) in [5.74, 6) is 0. The van der Waals surface area contributed by atoms with Crippen LogP contribution < -0.4 is 5.32 Å². The zero-order chi connectivity index (χ0) is 13.9. The van der Waals surface area contributed by atoms with Gasteiger partial charge in [-0.15, -0.1) is 11.3 Å². The Labute approximate surface area is 122 Å². The number of hydrogen-bond donors (Lipinski definition) is 1. The van der Waals surface area contributed by atoms with Crippen molar-refractivity contribution in [3.63, 3.8) is 0 Å². The van der Waals surface area contributed by atoms with Crippen LogP contribution in [0.1, 0.15) is 22.3 Å². The van der Waals surface area contributed by atoms with Crippen molar-refractivity contribution >= 4 is 21.6 Å². The summed E-state index contributed by atoms with van der Waals surface area (Å²) in [4.78, 5) is 9.22. The van der Waals surface area contributed by atoms with Gasteiger partial charge in [-0.05, 0) is 37.7 Å². The number of hydrogen-bond acceptors (Lipinski definition) is 4. The average molecular weight is 283 g/mol. The Morgan fingerprint density at radius 3 is 2.80 bits per heavy atom. The molecule has 0 radical (unpaired) electrons. The fourth-order valence-electron chi connectivity index (χ4n) is 2.38. The van der Waals surface area contributed by atoms with Crippen LogP contribution in [0, 0.1) is 6.92 Å². The fraction of sp³-hybridized carbons (Fsp3) is 0.250. The van der Waals surface area contributed by atoms with Gasteiger partial charge in [0.05, 0.1) is 27.0 Å². The summed E-state index contributed by atoms with van der Waals surface area (Å²) < 4.78 is 1.25. The van der Waals surface area contributed by atoms with Crippen LogP contribution in [0.4, 0.5) is 0 Å². The number of pyridine rings is 1. The molecule has 3 aromatic rings. The summed E-state index contributed by atoms with van der Waals surface area (Å²) in [6, 6.07) is 12.6. The molecule has 102 valence electrons. The molecular formula is C16H17N3S. The normalized spacial score (nSPS) is 12.7. The molecule has 0 aliphatic carbocycles. The number of rotatable bonds is 4. The minimum Gasteiger partial charge on any atom is -0.311 e. The average Bonchev–Trinajstić information content (AvgIpc) is 2.88. The molecule has 0 bridgehead atoms. The number of nitrogens with one attached hydrogen (secondary N) is 1. The van der Waals surface area contributed by atoms with E-state index >= 15 is 0 Å². The maximum atomic E-state index is 4.71. The third-order valence-corrected chi connectivity index (χ3v) is 4.50. The number of aryl methyl sites for hydroxylation is 1. The monoisotopic (exact) mass is 283 g/mol. The smallest absolute Gasteiger partial charge is 0.0958 e. The van der Waals surface area contributed by atoms with E-state index in [4.69, 9.17) is 4.98 Å². The van der Waals surface area contributed by atoms with E-state index in [2.05, 4.69) is 41.5 Å². The van der Waals surface area contributed by atoms with Crippen LogP contribution in [0.3, 0.4) is 0 Å². The highest BCUT2D eigenvalue weighted by molar-refractivity contribution is 7.18. The van der Waals surface area contributed by atoms with Crippen LogP contribution in [0.2, 0.25) is 0 Å². The molecular weight excluding hydrogens is 266 g/mol. The maximum Gasteiger partial charge on any atom is 0.0958 e. The molecule has 2 aromatic heterocycles. The summed E-state index contributed by atoms with van der Waals surface area (Å²) in [5.41, 5.74) is 3.40. The van der Waals surface area contributed by atoms with Gasteiger partial charge in [-0.25, -0.2) is 4.98 Å². The largest absolute Gasteiger partial charge is 0.311 e. The van der Waals surface area contributed by atoms with Gasteiger partial charge in [0.25, 0.3) is 0 Å². The van der Waals surface area contributed by atoms with Crippen LogP contribution in [0.5, 0.6) is 0 Å². The van der Waals surface area contributed by atoms with Crippen molar-refractivity contribution in [1.82, 2.24) is 15.3 Å². The number of likely N-dealkylation sites (N-methyl/N-ethyl adjacent to an activating group) is 1. The minimum atomic E-state index is 0.205. The fourth-order valence-corrected chi connectivity index (χ4v) is 3.39. The molecule has 20 heavy (non-hydrogen) atoms. The third-order valence-electron chi connectivity index (χ3n) is 3.45. The van der Waals surface area contributed by atoms with Crippen molar-refractivity contribution in [2.24, 2.45) is 0 Å². The molecule has 1 N–H and O–H groups in total. The second-order valence-corrected chi connectivity index (χ2v) is 5.94. The summed E-state index contributed by atoms with van der Waals surface area (Å²) in [6.45, 7) is 2.10. The van der Waals surface area contributed by atoms with Gasteiger partial charge in [0.2, 0.25) is 0 Å². The molecule has 3 rings (SSSR count). The standard InChI is InChI=1S/C16H17N3S/c1-11-6-5-9-18-16(11)13(17-2)10-15-19-12-7-3-4-8-14(12)20-15/h3-9,13,17H,10H2,1-2H3. The Morgan fingerprint density at radius 2 is 2.05 bits per heavy atom. The highest BCUT2D eigenvalue weighted by atomic mass is 32.1. The van der Waals surface area contributed by atoms with Crippen LogP contribution in [0.15, 0.2) is 42.6 Å². The maximum absolute atomic E-state index is 4.71.